The SMILES string of the molecule is C=CC(=O)CCc1cc2c(cn1)cc(-c1c(Cl)c(OC)cc(OC)c1Cl)c(=O)n2CC(F)(F)F. The second-order valence-corrected chi connectivity index (χ2v) is 8.01. The van der Waals surface area contributed by atoms with E-state index in [0.29, 0.717) is 10.3 Å². The Morgan fingerprint density at radius 3 is 2.29 bits per heavy atom. The second-order valence-electron chi connectivity index (χ2n) is 7.25. The molecule has 0 aliphatic rings. The Bertz CT molecular complexity index is 1310. The van der Waals surface area contributed by atoms with Crippen molar-refractivity contribution in [3.05, 3.63) is 63.1 Å². The van der Waals surface area contributed by atoms with Gasteiger partial charge in [-0.2, -0.15) is 13.2 Å². The van der Waals surface area contributed by atoms with E-state index in [2.05, 4.69) is 11.6 Å². The molecule has 1 aromatic carbocycles. The van der Waals surface area contributed by atoms with Crippen LogP contribution >= 0.6 is 23.2 Å². The number of allylic oxidation sites excluding steroid dienone is 1. The second kappa shape index (κ2) is 10.1. The zero-order valence-corrected chi connectivity index (χ0v) is 19.6. The van der Waals surface area contributed by atoms with Crippen LogP contribution in [0.3, 0.4) is 0 Å². The lowest BCUT2D eigenvalue weighted by Gasteiger charge is -2.18. The number of methoxy groups -OCH3 is 2. The van der Waals surface area contributed by atoms with Gasteiger partial charge >= 0.3 is 6.18 Å². The van der Waals surface area contributed by atoms with Crippen LogP contribution in [0.4, 0.5) is 13.2 Å². The molecular formula is C23H19Cl2F3N2O4. The average Bonchev–Trinajstić information content (AvgIpc) is 2.79. The summed E-state index contributed by atoms with van der Waals surface area (Å²) >= 11 is 12.8. The van der Waals surface area contributed by atoms with Crippen LogP contribution in [0.2, 0.25) is 10.0 Å². The van der Waals surface area contributed by atoms with Gasteiger partial charge in [-0.3, -0.25) is 19.1 Å². The van der Waals surface area contributed by atoms with Crippen molar-refractivity contribution in [1.82, 2.24) is 9.55 Å². The normalized spacial score (nSPS) is 11.5. The van der Waals surface area contributed by atoms with Gasteiger partial charge in [0, 0.05) is 35.3 Å². The molecule has 0 aliphatic heterocycles. The number of carbonyl (C=O) groups is 1. The molecule has 2 heterocycles. The van der Waals surface area contributed by atoms with Gasteiger partial charge in [0.25, 0.3) is 5.56 Å². The van der Waals surface area contributed by atoms with E-state index >= 15 is 0 Å². The number of aromatic nitrogens is 2. The van der Waals surface area contributed by atoms with Gasteiger partial charge in [0.15, 0.2) is 5.78 Å². The van der Waals surface area contributed by atoms with Gasteiger partial charge < -0.3 is 9.47 Å². The molecule has 180 valence electrons. The Hall–Kier alpha value is -3.04. The third kappa shape index (κ3) is 5.20. The fourth-order valence-electron chi connectivity index (χ4n) is 3.44. The number of rotatable bonds is 8. The lowest BCUT2D eigenvalue weighted by Crippen LogP contribution is -2.29. The topological polar surface area (TPSA) is 70.4 Å². The van der Waals surface area contributed by atoms with Crippen LogP contribution in [0.15, 0.2) is 41.8 Å². The van der Waals surface area contributed by atoms with Crippen molar-refractivity contribution in [1.29, 1.82) is 0 Å². The van der Waals surface area contributed by atoms with Crippen LogP contribution < -0.4 is 15.0 Å². The van der Waals surface area contributed by atoms with Gasteiger partial charge in [-0.05, 0) is 24.6 Å². The molecule has 6 nitrogen and oxygen atoms in total. The van der Waals surface area contributed by atoms with Crippen molar-refractivity contribution in [3.63, 3.8) is 0 Å². The molecule has 0 atom stereocenters. The molecule has 11 heteroatoms. The number of pyridine rings is 2. The summed E-state index contributed by atoms with van der Waals surface area (Å²) in [6.45, 7) is 1.83. The molecule has 0 spiro atoms. The van der Waals surface area contributed by atoms with Crippen molar-refractivity contribution >= 4 is 39.9 Å². The van der Waals surface area contributed by atoms with Gasteiger partial charge in [0.2, 0.25) is 0 Å². The third-order valence-corrected chi connectivity index (χ3v) is 5.82. The summed E-state index contributed by atoms with van der Waals surface area (Å²) in [5.74, 6) is 0.0153. The molecule has 0 aliphatic carbocycles. The first kappa shape index (κ1) is 25.6. The number of halogens is 5. The largest absolute Gasteiger partial charge is 0.495 e. The summed E-state index contributed by atoms with van der Waals surface area (Å²) in [5, 5.41) is 0.123. The van der Waals surface area contributed by atoms with Crippen molar-refractivity contribution in [2.75, 3.05) is 14.2 Å². The Morgan fingerprint density at radius 2 is 1.76 bits per heavy atom. The first-order valence-corrected chi connectivity index (χ1v) is 10.6. The Morgan fingerprint density at radius 1 is 1.15 bits per heavy atom. The number of ketones is 1. The monoisotopic (exact) mass is 514 g/mol. The van der Waals surface area contributed by atoms with E-state index in [1.807, 2.05) is 0 Å². The Labute approximate surface area is 202 Å². The predicted molar refractivity (Wildman–Crippen MR) is 124 cm³/mol. The zero-order valence-electron chi connectivity index (χ0n) is 18.1. The summed E-state index contributed by atoms with van der Waals surface area (Å²) in [5.41, 5.74) is -0.819. The molecule has 0 amide bonds. The fraction of sp³-hybridized carbons (Fsp3) is 0.261. The highest BCUT2D eigenvalue weighted by atomic mass is 35.5. The summed E-state index contributed by atoms with van der Waals surface area (Å²) in [7, 11) is 2.67. The highest BCUT2D eigenvalue weighted by molar-refractivity contribution is 6.41. The first-order valence-electron chi connectivity index (χ1n) is 9.85. The van der Waals surface area contributed by atoms with Crippen LogP contribution in [-0.4, -0.2) is 35.7 Å². The van der Waals surface area contributed by atoms with E-state index in [4.69, 9.17) is 32.7 Å². The van der Waals surface area contributed by atoms with Crippen molar-refractivity contribution < 1.29 is 27.4 Å². The highest BCUT2D eigenvalue weighted by Gasteiger charge is 2.31. The average molecular weight is 515 g/mol. The van der Waals surface area contributed by atoms with Crippen LogP contribution in [-0.2, 0) is 17.8 Å². The maximum Gasteiger partial charge on any atom is 0.406 e. The minimum absolute atomic E-state index is 0.00392. The Kier molecular flexibility index (Phi) is 7.57. The smallest absolute Gasteiger partial charge is 0.406 e. The standard InChI is InChI=1S/C23H19Cl2F3N2O4/c1-4-14(31)6-5-13-8-16-12(10-29-13)7-15(22(32)30(16)11-23(26,27)28)19-20(24)17(33-2)9-18(34-3)21(19)25/h4,7-10H,1,5-6,11H2,2-3H3. The third-order valence-electron chi connectivity index (χ3n) is 5.07. The maximum absolute atomic E-state index is 13.5. The molecule has 3 rings (SSSR count). The summed E-state index contributed by atoms with van der Waals surface area (Å²) < 4.78 is 51.4. The molecule has 34 heavy (non-hydrogen) atoms. The number of fused-ring (bicyclic) bond motifs is 1. The number of benzene rings is 1. The van der Waals surface area contributed by atoms with Gasteiger partial charge in [0.05, 0.1) is 35.3 Å². The number of hydrogen-bond acceptors (Lipinski definition) is 5. The summed E-state index contributed by atoms with van der Waals surface area (Å²) in [6, 6.07) is 4.13. The van der Waals surface area contributed by atoms with E-state index in [9.17, 15) is 22.8 Å². The molecule has 0 saturated carbocycles. The predicted octanol–water partition coefficient (Wildman–Crippen LogP) is 5.64. The number of hydrogen-bond donors (Lipinski definition) is 0. The van der Waals surface area contributed by atoms with Crippen LogP contribution in [0.1, 0.15) is 12.1 Å². The molecule has 3 aromatic rings. The first-order chi connectivity index (χ1) is 16.0. The van der Waals surface area contributed by atoms with Crippen LogP contribution in [0.5, 0.6) is 11.5 Å². The number of carbonyl (C=O) groups excluding carboxylic acids is 1. The minimum Gasteiger partial charge on any atom is -0.495 e. The van der Waals surface area contributed by atoms with Gasteiger partial charge in [-0.1, -0.05) is 29.8 Å². The minimum atomic E-state index is -4.70. The number of aryl methyl sites for hydroxylation is 1. The number of alkyl halides is 3. The van der Waals surface area contributed by atoms with Gasteiger partial charge in [-0.25, -0.2) is 0 Å². The van der Waals surface area contributed by atoms with Crippen molar-refractivity contribution in [2.45, 2.75) is 25.6 Å². The lowest BCUT2D eigenvalue weighted by molar-refractivity contribution is -0.140. The summed E-state index contributed by atoms with van der Waals surface area (Å²) in [6.07, 6.45) is -1.95. The van der Waals surface area contributed by atoms with Gasteiger partial charge in [-0.15, -0.1) is 0 Å². The fourth-order valence-corrected chi connectivity index (χ4v) is 4.15. The van der Waals surface area contributed by atoms with Gasteiger partial charge in [0.1, 0.15) is 18.0 Å². The molecule has 0 bridgehead atoms. The maximum atomic E-state index is 13.5. The van der Waals surface area contributed by atoms with E-state index < -0.39 is 18.3 Å². The van der Waals surface area contributed by atoms with Crippen LogP contribution in [0, 0.1) is 0 Å². The van der Waals surface area contributed by atoms with Crippen LogP contribution in [0.25, 0.3) is 22.0 Å². The van der Waals surface area contributed by atoms with E-state index in [1.54, 1.807) is 0 Å². The zero-order chi connectivity index (χ0) is 25.2. The highest BCUT2D eigenvalue weighted by Crippen LogP contribution is 2.45. The molecule has 0 N–H and O–H groups in total. The van der Waals surface area contributed by atoms with Crippen molar-refractivity contribution in [3.8, 4) is 22.6 Å². The molecule has 0 fully saturated rings. The quantitative estimate of drug-likeness (QED) is 0.364. The summed E-state index contributed by atoms with van der Waals surface area (Å²) in [4.78, 5) is 29.1. The van der Waals surface area contributed by atoms with Crippen molar-refractivity contribution in [2.24, 2.45) is 0 Å². The number of nitrogens with zero attached hydrogens (tertiary/aromatic N) is 2. The van der Waals surface area contributed by atoms with E-state index in [-0.39, 0.29) is 62.2 Å². The van der Waals surface area contributed by atoms with E-state index in [1.165, 1.54) is 38.6 Å². The molecular weight excluding hydrogens is 496 g/mol. The number of ether oxygens (including phenoxy) is 2. The molecule has 2 aromatic heterocycles. The van der Waals surface area contributed by atoms with E-state index in [0.717, 1.165) is 6.08 Å². The molecule has 0 radical (unpaired) electrons. The lowest BCUT2D eigenvalue weighted by atomic mass is 10.0. The molecule has 0 saturated heterocycles. The molecule has 0 unspecified atom stereocenters. The Balaban J connectivity index is 2.32.